The van der Waals surface area contributed by atoms with Crippen molar-refractivity contribution in [3.63, 3.8) is 0 Å². The van der Waals surface area contributed by atoms with Gasteiger partial charge in [0.25, 0.3) is 5.56 Å². The highest BCUT2D eigenvalue weighted by molar-refractivity contribution is 6.31. The Hall–Kier alpha value is -1.95. The fraction of sp³-hybridized carbons (Fsp3) is 0.500. The van der Waals surface area contributed by atoms with Crippen molar-refractivity contribution in [3.05, 3.63) is 68.1 Å². The van der Waals surface area contributed by atoms with Crippen LogP contribution < -0.4 is 10.9 Å². The van der Waals surface area contributed by atoms with E-state index in [0.717, 1.165) is 11.3 Å². The molecule has 0 aliphatic heterocycles. The fourth-order valence-electron chi connectivity index (χ4n) is 3.65. The summed E-state index contributed by atoms with van der Waals surface area (Å²) in [4.78, 5) is 23.7. The molecule has 0 radical (unpaired) electrons. The normalized spacial score (nSPS) is 13.8. The van der Waals surface area contributed by atoms with Gasteiger partial charge in [0.15, 0.2) is 5.78 Å². The summed E-state index contributed by atoms with van der Waals surface area (Å²) in [6, 6.07) is 9.21. The van der Waals surface area contributed by atoms with E-state index in [-0.39, 0.29) is 11.3 Å². The molecule has 30 heavy (non-hydrogen) atoms. The second kappa shape index (κ2) is 12.0. The van der Waals surface area contributed by atoms with Crippen LogP contribution in [0.15, 0.2) is 35.1 Å². The lowest BCUT2D eigenvalue weighted by Gasteiger charge is -2.15. The van der Waals surface area contributed by atoms with E-state index in [1.165, 1.54) is 25.7 Å². The first-order valence-electron chi connectivity index (χ1n) is 10.5. The van der Waals surface area contributed by atoms with Gasteiger partial charge in [0.05, 0.1) is 16.8 Å². The quantitative estimate of drug-likeness (QED) is 0.652. The Morgan fingerprint density at radius 1 is 1.23 bits per heavy atom. The molecule has 1 aromatic carbocycles. The van der Waals surface area contributed by atoms with Crippen LogP contribution in [0.2, 0.25) is 5.02 Å². The summed E-state index contributed by atoms with van der Waals surface area (Å²) in [5.74, 6) is 0.0505. The van der Waals surface area contributed by atoms with E-state index < -0.39 is 0 Å². The number of ketones is 1. The number of Topliss-reactive ketones (excluding diaryl/α,β-unsaturated/α-hetero) is 1. The highest BCUT2D eigenvalue weighted by Crippen LogP contribution is 2.19. The highest BCUT2D eigenvalue weighted by Gasteiger charge is 2.12. The fourth-order valence-corrected chi connectivity index (χ4v) is 3.99. The Morgan fingerprint density at radius 2 is 1.87 bits per heavy atom. The standard InChI is InChI=1S/C18H21ClN2O2.C6H12O/c1-12-10-16(19)17(11-20-3)21(18(12)23)9-8-14-4-6-15(7-5-14)13(2)22;1-7-6-4-2-3-5-6/h4-7,10,20H,8-9,11H2,1-3H3;6H,2-5H2,1H3. The smallest absolute Gasteiger partial charge is 0.253 e. The minimum absolute atomic E-state index is 0.0139. The summed E-state index contributed by atoms with van der Waals surface area (Å²) in [7, 11) is 3.63. The number of aromatic nitrogens is 1. The van der Waals surface area contributed by atoms with Crippen molar-refractivity contribution < 1.29 is 9.53 Å². The van der Waals surface area contributed by atoms with Crippen molar-refractivity contribution in [1.82, 2.24) is 9.88 Å². The third-order valence-corrected chi connectivity index (χ3v) is 5.82. The summed E-state index contributed by atoms with van der Waals surface area (Å²) in [5.41, 5.74) is 3.20. The van der Waals surface area contributed by atoms with Crippen LogP contribution in [-0.4, -0.2) is 30.6 Å². The molecule has 6 heteroatoms. The van der Waals surface area contributed by atoms with E-state index in [1.807, 2.05) is 31.3 Å². The van der Waals surface area contributed by atoms with Gasteiger partial charge in [0.2, 0.25) is 0 Å². The molecule has 0 saturated heterocycles. The van der Waals surface area contributed by atoms with E-state index in [2.05, 4.69) is 5.32 Å². The number of hydrogen-bond donors (Lipinski definition) is 1. The van der Waals surface area contributed by atoms with Gasteiger partial charge >= 0.3 is 0 Å². The zero-order chi connectivity index (χ0) is 22.1. The molecule has 0 spiro atoms. The summed E-state index contributed by atoms with van der Waals surface area (Å²) in [6.45, 7) is 4.41. The Balaban J connectivity index is 0.000000386. The van der Waals surface area contributed by atoms with Gasteiger partial charge in [-0.1, -0.05) is 48.7 Å². The number of carbonyl (C=O) groups excluding carboxylic acids is 1. The molecule has 1 N–H and O–H groups in total. The number of carbonyl (C=O) groups is 1. The van der Waals surface area contributed by atoms with E-state index in [0.29, 0.717) is 41.8 Å². The molecule has 3 rings (SSSR count). The molecule has 2 aromatic rings. The molecule has 0 amide bonds. The topological polar surface area (TPSA) is 60.3 Å². The molecule has 0 atom stereocenters. The SMILES string of the molecule is CNCc1c(Cl)cc(C)c(=O)n1CCc1ccc(C(C)=O)cc1.COC1CCCC1. The minimum Gasteiger partial charge on any atom is -0.381 e. The second-order valence-corrected chi connectivity index (χ2v) is 8.16. The van der Waals surface area contributed by atoms with Crippen LogP contribution in [0.1, 0.15) is 59.8 Å². The number of nitrogens with one attached hydrogen (secondary N) is 1. The van der Waals surface area contributed by atoms with Crippen LogP contribution >= 0.6 is 11.6 Å². The monoisotopic (exact) mass is 432 g/mol. The zero-order valence-corrected chi connectivity index (χ0v) is 19.2. The lowest BCUT2D eigenvalue weighted by Crippen LogP contribution is -2.28. The predicted octanol–water partition coefficient (Wildman–Crippen LogP) is 4.55. The molecular weight excluding hydrogens is 400 g/mol. The van der Waals surface area contributed by atoms with Crippen LogP contribution in [0.5, 0.6) is 0 Å². The van der Waals surface area contributed by atoms with Gasteiger partial charge in [-0.15, -0.1) is 0 Å². The lowest BCUT2D eigenvalue weighted by atomic mass is 10.1. The van der Waals surface area contributed by atoms with Crippen molar-refractivity contribution in [3.8, 4) is 0 Å². The summed E-state index contributed by atoms with van der Waals surface area (Å²) < 4.78 is 6.84. The first-order chi connectivity index (χ1) is 14.4. The van der Waals surface area contributed by atoms with E-state index in [4.69, 9.17) is 16.3 Å². The summed E-state index contributed by atoms with van der Waals surface area (Å²) in [5, 5.41) is 3.65. The third-order valence-electron chi connectivity index (χ3n) is 5.49. The van der Waals surface area contributed by atoms with Crippen molar-refractivity contribution in [2.45, 2.75) is 65.1 Å². The average Bonchev–Trinajstić information content (AvgIpc) is 3.26. The number of methoxy groups -OCH3 is 1. The van der Waals surface area contributed by atoms with Crippen molar-refractivity contribution in [2.75, 3.05) is 14.2 Å². The number of rotatable bonds is 7. The zero-order valence-electron chi connectivity index (χ0n) is 18.5. The van der Waals surface area contributed by atoms with Gasteiger partial charge in [-0.2, -0.15) is 0 Å². The van der Waals surface area contributed by atoms with E-state index in [1.54, 1.807) is 31.6 Å². The maximum absolute atomic E-state index is 12.4. The minimum atomic E-state index is -0.0139. The van der Waals surface area contributed by atoms with Crippen LogP contribution in [0.25, 0.3) is 0 Å². The maximum atomic E-state index is 12.4. The summed E-state index contributed by atoms with van der Waals surface area (Å²) in [6.07, 6.45) is 6.62. The number of nitrogens with zero attached hydrogens (tertiary/aromatic N) is 1. The number of pyridine rings is 1. The van der Waals surface area contributed by atoms with Crippen LogP contribution in [0, 0.1) is 6.92 Å². The molecular formula is C24H33ClN2O3. The van der Waals surface area contributed by atoms with Gasteiger partial charge < -0.3 is 14.6 Å². The molecule has 1 heterocycles. The number of aryl methyl sites for hydroxylation is 2. The summed E-state index contributed by atoms with van der Waals surface area (Å²) >= 11 is 6.29. The number of hydrogen-bond acceptors (Lipinski definition) is 4. The molecule has 1 aromatic heterocycles. The largest absolute Gasteiger partial charge is 0.381 e. The maximum Gasteiger partial charge on any atom is 0.253 e. The highest BCUT2D eigenvalue weighted by atomic mass is 35.5. The molecule has 0 bridgehead atoms. The molecule has 1 aliphatic carbocycles. The van der Waals surface area contributed by atoms with Crippen LogP contribution in [0.4, 0.5) is 0 Å². The lowest BCUT2D eigenvalue weighted by molar-refractivity contribution is 0.101. The van der Waals surface area contributed by atoms with Gasteiger partial charge in [-0.25, -0.2) is 0 Å². The Bertz CT molecular complexity index is 885. The first kappa shape index (κ1) is 24.3. The Kier molecular flexibility index (Phi) is 9.76. The molecule has 164 valence electrons. The van der Waals surface area contributed by atoms with Gasteiger partial charge in [0, 0.05) is 31.3 Å². The third kappa shape index (κ3) is 6.79. The molecule has 1 aliphatic rings. The van der Waals surface area contributed by atoms with Crippen LogP contribution in [0.3, 0.4) is 0 Å². The number of ether oxygens (including phenoxy) is 1. The predicted molar refractivity (Wildman–Crippen MR) is 123 cm³/mol. The van der Waals surface area contributed by atoms with Gasteiger partial charge in [-0.05, 0) is 51.8 Å². The van der Waals surface area contributed by atoms with E-state index in [9.17, 15) is 9.59 Å². The molecule has 0 unspecified atom stereocenters. The van der Waals surface area contributed by atoms with Crippen molar-refractivity contribution >= 4 is 17.4 Å². The average molecular weight is 433 g/mol. The molecule has 1 saturated carbocycles. The molecule has 1 fully saturated rings. The second-order valence-electron chi connectivity index (χ2n) is 7.75. The van der Waals surface area contributed by atoms with Crippen LogP contribution in [-0.2, 0) is 24.2 Å². The van der Waals surface area contributed by atoms with Crippen molar-refractivity contribution in [1.29, 1.82) is 0 Å². The van der Waals surface area contributed by atoms with Gasteiger partial charge in [0.1, 0.15) is 0 Å². The van der Waals surface area contributed by atoms with Gasteiger partial charge in [-0.3, -0.25) is 9.59 Å². The van der Waals surface area contributed by atoms with E-state index >= 15 is 0 Å². The number of benzene rings is 1. The molecule has 5 nitrogen and oxygen atoms in total. The number of halogens is 1. The Morgan fingerprint density at radius 3 is 2.37 bits per heavy atom. The first-order valence-corrected chi connectivity index (χ1v) is 10.9. The van der Waals surface area contributed by atoms with Crippen molar-refractivity contribution in [2.24, 2.45) is 0 Å². The Labute approximate surface area is 184 Å².